The van der Waals surface area contributed by atoms with Crippen molar-refractivity contribution in [2.45, 2.75) is 24.8 Å². The van der Waals surface area contributed by atoms with E-state index in [9.17, 15) is 9.59 Å². The first-order chi connectivity index (χ1) is 11.8. The van der Waals surface area contributed by atoms with Crippen LogP contribution in [0.25, 0.3) is 11.1 Å². The molecule has 1 aliphatic carbocycles. The van der Waals surface area contributed by atoms with E-state index in [4.69, 9.17) is 4.74 Å². The topological polar surface area (TPSA) is 46.6 Å². The van der Waals surface area contributed by atoms with Crippen molar-refractivity contribution in [1.82, 2.24) is 4.90 Å². The van der Waals surface area contributed by atoms with Crippen LogP contribution in [0.1, 0.15) is 29.9 Å². The maximum atomic E-state index is 12.3. The third-order valence-electron chi connectivity index (χ3n) is 5.08. The first-order valence-electron chi connectivity index (χ1n) is 8.35. The largest absolute Gasteiger partial charge is 0.448 e. The summed E-state index contributed by atoms with van der Waals surface area (Å²) in [4.78, 5) is 24.6. The van der Waals surface area contributed by atoms with Gasteiger partial charge < -0.3 is 14.4 Å². The van der Waals surface area contributed by atoms with Gasteiger partial charge in [-0.2, -0.15) is 0 Å². The van der Waals surface area contributed by atoms with Crippen LogP contribution in [-0.2, 0) is 9.53 Å². The fourth-order valence-corrected chi connectivity index (χ4v) is 3.71. The fourth-order valence-electron chi connectivity index (χ4n) is 3.71. The Morgan fingerprint density at radius 1 is 1.08 bits per heavy atom. The van der Waals surface area contributed by atoms with Gasteiger partial charge in [-0.1, -0.05) is 48.5 Å². The minimum atomic E-state index is -0.310. The second-order valence-corrected chi connectivity index (χ2v) is 6.34. The fraction of sp³-hybridized carbons (Fsp3) is 0.300. The first kappa shape index (κ1) is 14.9. The average Bonchev–Trinajstić information content (AvgIpc) is 2.91. The molecule has 0 N–H and O–H groups in total. The van der Waals surface area contributed by atoms with E-state index in [1.807, 2.05) is 24.3 Å². The Hall–Kier alpha value is -2.62. The summed E-state index contributed by atoms with van der Waals surface area (Å²) in [6, 6.07) is 16.6. The lowest BCUT2D eigenvalue weighted by molar-refractivity contribution is -0.109. The summed E-state index contributed by atoms with van der Waals surface area (Å²) in [6.45, 7) is 1.01. The lowest BCUT2D eigenvalue weighted by Crippen LogP contribution is -2.51. The van der Waals surface area contributed by atoms with E-state index in [2.05, 4.69) is 24.3 Å². The van der Waals surface area contributed by atoms with Crippen molar-refractivity contribution in [2.24, 2.45) is 0 Å². The highest BCUT2D eigenvalue weighted by Gasteiger charge is 2.34. The van der Waals surface area contributed by atoms with E-state index >= 15 is 0 Å². The van der Waals surface area contributed by atoms with Gasteiger partial charge in [-0.05, 0) is 28.7 Å². The standard InChI is InChI=1S/C20H19NO3/c22-12-10-14-9-11-21(14)20(23)24-13-19-17-7-3-1-5-15(17)16-6-2-4-8-18(16)19/h1-8,12,14,19H,9-11,13H2. The molecular formula is C20H19NO3. The Kier molecular flexibility index (Phi) is 3.81. The lowest BCUT2D eigenvalue weighted by Gasteiger charge is -2.39. The van der Waals surface area contributed by atoms with E-state index in [0.717, 1.165) is 12.7 Å². The summed E-state index contributed by atoms with van der Waals surface area (Å²) in [5.74, 6) is 0.0761. The van der Waals surface area contributed by atoms with Gasteiger partial charge in [0.15, 0.2) is 0 Å². The number of ether oxygens (including phenoxy) is 1. The van der Waals surface area contributed by atoms with E-state index in [-0.39, 0.29) is 18.1 Å². The van der Waals surface area contributed by atoms with Gasteiger partial charge in [0.1, 0.15) is 12.9 Å². The molecule has 4 rings (SSSR count). The summed E-state index contributed by atoms with van der Waals surface area (Å²) in [6.07, 6.45) is 1.83. The number of carbonyl (C=O) groups excluding carboxylic acids is 2. The minimum Gasteiger partial charge on any atom is -0.448 e. The molecule has 2 aromatic rings. The second-order valence-electron chi connectivity index (χ2n) is 6.34. The number of amides is 1. The number of aldehydes is 1. The second kappa shape index (κ2) is 6.11. The van der Waals surface area contributed by atoms with Crippen molar-refractivity contribution in [2.75, 3.05) is 13.2 Å². The zero-order valence-electron chi connectivity index (χ0n) is 13.4. The number of rotatable bonds is 4. The van der Waals surface area contributed by atoms with Crippen LogP contribution < -0.4 is 0 Å². The molecule has 1 amide bonds. The first-order valence-corrected chi connectivity index (χ1v) is 8.35. The van der Waals surface area contributed by atoms with Gasteiger partial charge in [0.05, 0.1) is 0 Å². The molecule has 122 valence electrons. The van der Waals surface area contributed by atoms with Gasteiger partial charge in [0, 0.05) is 24.9 Å². The van der Waals surface area contributed by atoms with Crippen LogP contribution in [0.3, 0.4) is 0 Å². The Labute approximate surface area is 141 Å². The predicted octanol–water partition coefficient (Wildman–Crippen LogP) is 3.60. The van der Waals surface area contributed by atoms with Crippen LogP contribution in [0.2, 0.25) is 0 Å². The van der Waals surface area contributed by atoms with Gasteiger partial charge in [-0.25, -0.2) is 4.79 Å². The molecule has 0 radical (unpaired) electrons. The summed E-state index contributed by atoms with van der Waals surface area (Å²) in [5.41, 5.74) is 4.85. The van der Waals surface area contributed by atoms with Crippen molar-refractivity contribution in [3.05, 3.63) is 59.7 Å². The number of benzene rings is 2. The quantitative estimate of drug-likeness (QED) is 0.808. The smallest absolute Gasteiger partial charge is 0.410 e. The molecule has 1 atom stereocenters. The van der Waals surface area contributed by atoms with E-state index in [1.54, 1.807) is 4.90 Å². The normalized spacial score (nSPS) is 18.5. The Bertz CT molecular complexity index is 740. The molecule has 0 saturated carbocycles. The average molecular weight is 321 g/mol. The predicted molar refractivity (Wildman–Crippen MR) is 90.9 cm³/mol. The van der Waals surface area contributed by atoms with Crippen molar-refractivity contribution in [3.63, 3.8) is 0 Å². The molecule has 4 nitrogen and oxygen atoms in total. The minimum absolute atomic E-state index is 0.0122. The molecule has 0 spiro atoms. The summed E-state index contributed by atoms with van der Waals surface area (Å²) in [5, 5.41) is 0. The molecule has 0 bridgehead atoms. The highest BCUT2D eigenvalue weighted by Crippen LogP contribution is 2.44. The maximum absolute atomic E-state index is 12.3. The zero-order valence-corrected chi connectivity index (χ0v) is 13.4. The number of nitrogens with zero attached hydrogens (tertiary/aromatic N) is 1. The van der Waals surface area contributed by atoms with Crippen molar-refractivity contribution in [3.8, 4) is 11.1 Å². The maximum Gasteiger partial charge on any atom is 0.410 e. The highest BCUT2D eigenvalue weighted by atomic mass is 16.6. The van der Waals surface area contributed by atoms with E-state index < -0.39 is 0 Å². The summed E-state index contributed by atoms with van der Waals surface area (Å²) < 4.78 is 5.59. The molecule has 1 saturated heterocycles. The van der Waals surface area contributed by atoms with Gasteiger partial charge in [-0.15, -0.1) is 0 Å². The number of likely N-dealkylation sites (tertiary alicyclic amines) is 1. The Morgan fingerprint density at radius 2 is 1.71 bits per heavy atom. The number of hydrogen-bond acceptors (Lipinski definition) is 3. The molecule has 2 aromatic carbocycles. The molecule has 24 heavy (non-hydrogen) atoms. The van der Waals surface area contributed by atoms with Crippen LogP contribution in [-0.4, -0.2) is 36.5 Å². The van der Waals surface area contributed by atoms with Crippen molar-refractivity contribution < 1.29 is 14.3 Å². The molecule has 2 aliphatic rings. The number of hydrogen-bond donors (Lipinski definition) is 0. The summed E-state index contributed by atoms with van der Waals surface area (Å²) in [7, 11) is 0. The zero-order chi connectivity index (χ0) is 16.5. The van der Waals surface area contributed by atoms with Crippen LogP contribution in [0.4, 0.5) is 4.79 Å². The van der Waals surface area contributed by atoms with Crippen molar-refractivity contribution in [1.29, 1.82) is 0 Å². The van der Waals surface area contributed by atoms with Crippen LogP contribution in [0.15, 0.2) is 48.5 Å². The summed E-state index contributed by atoms with van der Waals surface area (Å²) >= 11 is 0. The van der Waals surface area contributed by atoms with Crippen LogP contribution >= 0.6 is 0 Å². The molecular weight excluding hydrogens is 302 g/mol. The van der Waals surface area contributed by atoms with Gasteiger partial charge >= 0.3 is 6.09 Å². The molecule has 1 aliphatic heterocycles. The van der Waals surface area contributed by atoms with Crippen molar-refractivity contribution >= 4 is 12.4 Å². The number of fused-ring (bicyclic) bond motifs is 3. The van der Waals surface area contributed by atoms with E-state index in [1.165, 1.54) is 22.3 Å². The van der Waals surface area contributed by atoms with E-state index in [0.29, 0.717) is 19.6 Å². The third-order valence-corrected chi connectivity index (χ3v) is 5.08. The van der Waals surface area contributed by atoms with Crippen LogP contribution in [0.5, 0.6) is 0 Å². The van der Waals surface area contributed by atoms with Crippen LogP contribution in [0, 0.1) is 0 Å². The molecule has 4 heteroatoms. The molecule has 1 unspecified atom stereocenters. The Morgan fingerprint density at radius 3 is 2.25 bits per heavy atom. The highest BCUT2D eigenvalue weighted by molar-refractivity contribution is 5.79. The van der Waals surface area contributed by atoms with Gasteiger partial charge in [0.25, 0.3) is 0 Å². The molecule has 1 heterocycles. The Balaban J connectivity index is 1.51. The molecule has 0 aromatic heterocycles. The van der Waals surface area contributed by atoms with Gasteiger partial charge in [0.2, 0.25) is 0 Å². The lowest BCUT2D eigenvalue weighted by atomic mass is 9.98. The number of carbonyl (C=O) groups is 2. The SMILES string of the molecule is O=CCC1CCN1C(=O)OCC1c2ccccc2-c2ccccc21. The van der Waals surface area contributed by atoms with Gasteiger partial charge in [-0.3, -0.25) is 0 Å². The monoisotopic (exact) mass is 321 g/mol. The third kappa shape index (κ3) is 2.39. The molecule has 1 fully saturated rings.